The highest BCUT2D eigenvalue weighted by molar-refractivity contribution is 6.03. The van der Waals surface area contributed by atoms with E-state index in [1.807, 2.05) is 13.8 Å². The monoisotopic (exact) mass is 427 g/mol. The van der Waals surface area contributed by atoms with Crippen molar-refractivity contribution in [2.24, 2.45) is 5.92 Å². The zero-order valence-corrected chi connectivity index (χ0v) is 17.9. The lowest BCUT2D eigenvalue weighted by molar-refractivity contribution is -0.384. The number of carbonyl (C=O) groups is 2. The van der Waals surface area contributed by atoms with E-state index in [2.05, 4.69) is 5.32 Å². The molecule has 0 radical (unpaired) electrons. The molecule has 1 aliphatic rings. The van der Waals surface area contributed by atoms with E-state index in [1.165, 1.54) is 31.3 Å². The Balaban J connectivity index is 1.86. The van der Waals surface area contributed by atoms with Gasteiger partial charge in [0.2, 0.25) is 5.91 Å². The molecule has 1 atom stereocenters. The average Bonchev–Trinajstić information content (AvgIpc) is 3.19. The number of benzene rings is 2. The molecule has 1 heterocycles. The molecule has 0 unspecified atom stereocenters. The van der Waals surface area contributed by atoms with Gasteiger partial charge in [-0.15, -0.1) is 0 Å². The predicted molar refractivity (Wildman–Crippen MR) is 115 cm³/mol. The minimum atomic E-state index is -0.810. The second-order valence-electron chi connectivity index (χ2n) is 7.61. The summed E-state index contributed by atoms with van der Waals surface area (Å²) in [7, 11) is 2.97. The minimum Gasteiger partial charge on any atom is -0.497 e. The number of hydrogen-bond donors (Lipinski definition) is 1. The molecule has 1 aliphatic heterocycles. The van der Waals surface area contributed by atoms with E-state index in [1.54, 1.807) is 24.3 Å². The lowest BCUT2D eigenvalue weighted by Gasteiger charge is -2.27. The van der Waals surface area contributed by atoms with Crippen LogP contribution in [0.3, 0.4) is 0 Å². The highest BCUT2D eigenvalue weighted by atomic mass is 16.6. The van der Waals surface area contributed by atoms with E-state index in [4.69, 9.17) is 9.47 Å². The molecule has 0 aromatic heterocycles. The maximum Gasteiger partial charge on any atom is 0.271 e. The quantitative estimate of drug-likeness (QED) is 0.537. The number of methoxy groups -OCH3 is 2. The standard InChI is InChI=1S/C22H25N3O6/c1-13(2)20(23-21(26)15-9-17(30-3)12-18(10-15)31-4)22(27)24-8-7-14-5-6-16(25(28)29)11-19(14)24/h5-6,9-13,20H,7-8H2,1-4H3,(H,23,26)/t20-/m1/s1. The van der Waals surface area contributed by atoms with Gasteiger partial charge in [0.1, 0.15) is 17.5 Å². The summed E-state index contributed by atoms with van der Waals surface area (Å²) >= 11 is 0. The van der Waals surface area contributed by atoms with Crippen molar-refractivity contribution in [2.45, 2.75) is 26.3 Å². The van der Waals surface area contributed by atoms with Gasteiger partial charge in [0.25, 0.3) is 11.6 Å². The first kappa shape index (κ1) is 22.1. The van der Waals surface area contributed by atoms with Crippen molar-refractivity contribution in [2.75, 3.05) is 25.7 Å². The minimum absolute atomic E-state index is 0.0768. The molecule has 0 aliphatic carbocycles. The predicted octanol–water partition coefficient (Wildman–Crippen LogP) is 2.96. The van der Waals surface area contributed by atoms with Gasteiger partial charge < -0.3 is 19.7 Å². The summed E-state index contributed by atoms with van der Waals surface area (Å²) in [6.07, 6.45) is 0.602. The van der Waals surface area contributed by atoms with Gasteiger partial charge >= 0.3 is 0 Å². The number of nitrogens with one attached hydrogen (secondary N) is 1. The molecule has 0 fully saturated rings. The summed E-state index contributed by atoms with van der Waals surface area (Å²) in [6, 6.07) is 8.48. The number of rotatable bonds is 7. The Bertz CT molecular complexity index is 998. The Hall–Kier alpha value is -3.62. The number of amides is 2. The van der Waals surface area contributed by atoms with Crippen LogP contribution in [0.15, 0.2) is 36.4 Å². The van der Waals surface area contributed by atoms with Crippen molar-refractivity contribution in [1.82, 2.24) is 5.32 Å². The second kappa shape index (κ2) is 9.03. The lowest BCUT2D eigenvalue weighted by atomic mass is 10.0. The van der Waals surface area contributed by atoms with Gasteiger partial charge in [0.05, 0.1) is 24.8 Å². The number of nitrogens with zero attached hydrogens (tertiary/aromatic N) is 2. The van der Waals surface area contributed by atoms with Gasteiger partial charge in [-0.1, -0.05) is 19.9 Å². The van der Waals surface area contributed by atoms with E-state index in [-0.39, 0.29) is 17.5 Å². The van der Waals surface area contributed by atoms with Gasteiger partial charge in [-0.3, -0.25) is 19.7 Å². The third-order valence-corrected chi connectivity index (χ3v) is 5.27. The molecular formula is C22H25N3O6. The van der Waals surface area contributed by atoms with Crippen molar-refractivity contribution >= 4 is 23.2 Å². The van der Waals surface area contributed by atoms with Gasteiger partial charge in [-0.2, -0.15) is 0 Å². The zero-order chi connectivity index (χ0) is 22.7. The molecule has 31 heavy (non-hydrogen) atoms. The van der Waals surface area contributed by atoms with Crippen LogP contribution in [0.4, 0.5) is 11.4 Å². The first-order chi connectivity index (χ1) is 14.7. The fourth-order valence-corrected chi connectivity index (χ4v) is 3.55. The highest BCUT2D eigenvalue weighted by Gasteiger charge is 2.34. The number of hydrogen-bond acceptors (Lipinski definition) is 6. The fourth-order valence-electron chi connectivity index (χ4n) is 3.55. The van der Waals surface area contributed by atoms with Crippen molar-refractivity contribution < 1.29 is 24.0 Å². The Morgan fingerprint density at radius 2 is 1.74 bits per heavy atom. The molecule has 0 spiro atoms. The summed E-state index contributed by atoms with van der Waals surface area (Å²) in [5, 5.41) is 14.0. The molecule has 164 valence electrons. The van der Waals surface area contributed by atoms with Gasteiger partial charge in [-0.25, -0.2) is 0 Å². The number of carbonyl (C=O) groups excluding carboxylic acids is 2. The van der Waals surface area contributed by atoms with Crippen LogP contribution in [-0.2, 0) is 11.2 Å². The molecular weight excluding hydrogens is 402 g/mol. The van der Waals surface area contributed by atoms with E-state index in [9.17, 15) is 19.7 Å². The zero-order valence-electron chi connectivity index (χ0n) is 17.9. The molecule has 1 N–H and O–H groups in total. The van der Waals surface area contributed by atoms with Crippen LogP contribution in [-0.4, -0.2) is 43.5 Å². The summed E-state index contributed by atoms with van der Waals surface area (Å²) in [5.74, 6) is -0.0396. The molecule has 0 bridgehead atoms. The number of fused-ring (bicyclic) bond motifs is 1. The maximum atomic E-state index is 13.3. The topological polar surface area (TPSA) is 111 Å². The molecule has 2 amide bonds. The van der Waals surface area contributed by atoms with Crippen LogP contribution < -0.4 is 19.7 Å². The normalized spacial score (nSPS) is 13.5. The van der Waals surface area contributed by atoms with Crippen molar-refractivity contribution in [3.8, 4) is 11.5 Å². The van der Waals surface area contributed by atoms with Gasteiger partial charge in [-0.05, 0) is 30.0 Å². The Morgan fingerprint density at radius 1 is 1.10 bits per heavy atom. The number of nitro benzene ring substituents is 1. The first-order valence-electron chi connectivity index (χ1n) is 9.87. The van der Waals surface area contributed by atoms with E-state index in [0.717, 1.165) is 5.56 Å². The van der Waals surface area contributed by atoms with Crippen molar-refractivity contribution in [3.63, 3.8) is 0 Å². The van der Waals surface area contributed by atoms with E-state index < -0.39 is 16.9 Å². The summed E-state index contributed by atoms with van der Waals surface area (Å²) in [5.41, 5.74) is 1.60. The van der Waals surface area contributed by atoms with Crippen molar-refractivity contribution in [3.05, 3.63) is 57.6 Å². The van der Waals surface area contributed by atoms with Gasteiger partial charge in [0, 0.05) is 30.3 Å². The van der Waals surface area contributed by atoms with Crippen molar-refractivity contribution in [1.29, 1.82) is 0 Å². The molecule has 0 saturated carbocycles. The smallest absolute Gasteiger partial charge is 0.271 e. The summed E-state index contributed by atoms with van der Waals surface area (Å²) < 4.78 is 10.4. The largest absolute Gasteiger partial charge is 0.497 e. The Kier molecular flexibility index (Phi) is 6.43. The summed E-state index contributed by atoms with van der Waals surface area (Å²) in [6.45, 7) is 4.07. The van der Waals surface area contributed by atoms with Crippen LogP contribution >= 0.6 is 0 Å². The Morgan fingerprint density at radius 3 is 2.29 bits per heavy atom. The Labute approximate surface area is 180 Å². The molecule has 9 heteroatoms. The van der Waals surface area contributed by atoms with E-state index in [0.29, 0.717) is 35.7 Å². The molecule has 2 aromatic rings. The van der Waals surface area contributed by atoms with Gasteiger partial charge in [0.15, 0.2) is 0 Å². The highest BCUT2D eigenvalue weighted by Crippen LogP contribution is 2.32. The molecule has 0 saturated heterocycles. The average molecular weight is 427 g/mol. The number of non-ortho nitro benzene ring substituents is 1. The van der Waals surface area contributed by atoms with Crippen LogP contribution in [0.2, 0.25) is 0 Å². The lowest BCUT2D eigenvalue weighted by Crippen LogP contribution is -2.51. The summed E-state index contributed by atoms with van der Waals surface area (Å²) in [4.78, 5) is 38.4. The van der Waals surface area contributed by atoms with Crippen LogP contribution in [0.5, 0.6) is 11.5 Å². The second-order valence-corrected chi connectivity index (χ2v) is 7.61. The third kappa shape index (κ3) is 4.60. The fraction of sp³-hybridized carbons (Fsp3) is 0.364. The number of ether oxygens (including phenoxy) is 2. The van der Waals surface area contributed by atoms with Crippen LogP contribution in [0.1, 0.15) is 29.8 Å². The van der Waals surface area contributed by atoms with E-state index >= 15 is 0 Å². The third-order valence-electron chi connectivity index (χ3n) is 5.27. The van der Waals surface area contributed by atoms with Crippen LogP contribution in [0.25, 0.3) is 0 Å². The number of anilines is 1. The molecule has 9 nitrogen and oxygen atoms in total. The van der Waals surface area contributed by atoms with Crippen LogP contribution in [0, 0.1) is 16.0 Å². The molecule has 2 aromatic carbocycles. The maximum absolute atomic E-state index is 13.3. The first-order valence-corrected chi connectivity index (χ1v) is 9.87. The molecule has 3 rings (SSSR count). The number of nitro groups is 1. The SMILES string of the molecule is COc1cc(OC)cc(C(=O)N[C@@H](C(=O)N2CCc3ccc([N+](=O)[O-])cc32)C(C)C)c1.